The molecule has 2 aromatic heterocycles. The Morgan fingerprint density at radius 2 is 2.14 bits per heavy atom. The number of carbonyl (C=O) groups is 2. The molecular formula is C13H17N5O3. The number of aryl methyl sites for hydroxylation is 2. The Hall–Kier alpha value is -2.64. The van der Waals surface area contributed by atoms with Gasteiger partial charge in [0.05, 0.1) is 12.2 Å². The van der Waals surface area contributed by atoms with Gasteiger partial charge < -0.3 is 10.0 Å². The van der Waals surface area contributed by atoms with Crippen molar-refractivity contribution < 1.29 is 14.7 Å². The van der Waals surface area contributed by atoms with Crippen LogP contribution in [-0.2, 0) is 20.1 Å². The molecule has 0 aliphatic rings. The smallest absolute Gasteiger partial charge is 0.339 e. The van der Waals surface area contributed by atoms with Gasteiger partial charge in [-0.05, 0) is 13.0 Å². The first-order chi connectivity index (χ1) is 9.93. The van der Waals surface area contributed by atoms with E-state index in [1.54, 1.807) is 25.0 Å². The summed E-state index contributed by atoms with van der Waals surface area (Å²) in [5, 5.41) is 17.2. The highest BCUT2D eigenvalue weighted by molar-refractivity contribution is 6.03. The highest BCUT2D eigenvalue weighted by atomic mass is 16.4. The summed E-state index contributed by atoms with van der Waals surface area (Å²) in [4.78, 5) is 24.9. The zero-order valence-electron chi connectivity index (χ0n) is 12.1. The highest BCUT2D eigenvalue weighted by Crippen LogP contribution is 2.11. The van der Waals surface area contributed by atoms with Crippen molar-refractivity contribution in [2.24, 2.45) is 7.05 Å². The maximum Gasteiger partial charge on any atom is 0.339 e. The molecule has 2 heterocycles. The van der Waals surface area contributed by atoms with Crippen molar-refractivity contribution in [2.75, 3.05) is 7.05 Å². The van der Waals surface area contributed by atoms with Crippen LogP contribution in [0.5, 0.6) is 0 Å². The lowest BCUT2D eigenvalue weighted by atomic mass is 10.2. The molecule has 1 N–H and O–H groups in total. The summed E-state index contributed by atoms with van der Waals surface area (Å²) >= 11 is 0. The van der Waals surface area contributed by atoms with Gasteiger partial charge in [0, 0.05) is 33.0 Å². The molecule has 0 bridgehead atoms. The van der Waals surface area contributed by atoms with Gasteiger partial charge in [-0.25, -0.2) is 4.79 Å². The third-order valence-electron chi connectivity index (χ3n) is 3.11. The second kappa shape index (κ2) is 5.78. The molecular weight excluding hydrogens is 274 g/mol. The molecule has 8 heteroatoms. The van der Waals surface area contributed by atoms with E-state index in [0.717, 1.165) is 5.69 Å². The second-order valence-electron chi connectivity index (χ2n) is 4.67. The van der Waals surface area contributed by atoms with Gasteiger partial charge >= 0.3 is 5.97 Å². The Morgan fingerprint density at radius 1 is 1.43 bits per heavy atom. The fourth-order valence-electron chi connectivity index (χ4n) is 2.08. The van der Waals surface area contributed by atoms with Crippen molar-refractivity contribution in [3.63, 3.8) is 0 Å². The monoisotopic (exact) mass is 291 g/mol. The van der Waals surface area contributed by atoms with Crippen LogP contribution in [0.3, 0.4) is 0 Å². The number of hydrogen-bond acceptors (Lipinski definition) is 4. The average Bonchev–Trinajstić information content (AvgIpc) is 3.03. The van der Waals surface area contributed by atoms with E-state index < -0.39 is 11.9 Å². The standard InChI is InChI=1S/C13H17N5O3/c1-4-18-9(5-6-14-18)7-16(2)12(19)11-10(13(20)21)8-17(3)15-11/h5-6,8H,4,7H2,1-3H3,(H,20,21). The molecule has 1 amide bonds. The summed E-state index contributed by atoms with van der Waals surface area (Å²) in [7, 11) is 3.19. The van der Waals surface area contributed by atoms with Gasteiger partial charge in [0.2, 0.25) is 0 Å². The summed E-state index contributed by atoms with van der Waals surface area (Å²) in [6, 6.07) is 1.82. The summed E-state index contributed by atoms with van der Waals surface area (Å²) in [6.45, 7) is 3.00. The Bertz CT molecular complexity index is 673. The molecule has 8 nitrogen and oxygen atoms in total. The Morgan fingerprint density at radius 3 is 2.76 bits per heavy atom. The van der Waals surface area contributed by atoms with Crippen LogP contribution >= 0.6 is 0 Å². The highest BCUT2D eigenvalue weighted by Gasteiger charge is 2.24. The second-order valence-corrected chi connectivity index (χ2v) is 4.67. The number of hydrogen-bond donors (Lipinski definition) is 1. The molecule has 0 saturated heterocycles. The number of aromatic nitrogens is 4. The van der Waals surface area contributed by atoms with Gasteiger partial charge in [-0.15, -0.1) is 0 Å². The lowest BCUT2D eigenvalue weighted by Gasteiger charge is -2.16. The van der Waals surface area contributed by atoms with E-state index >= 15 is 0 Å². The average molecular weight is 291 g/mol. The molecule has 0 spiro atoms. The summed E-state index contributed by atoms with van der Waals surface area (Å²) in [5.41, 5.74) is 0.717. The first kappa shape index (κ1) is 14.8. The zero-order chi connectivity index (χ0) is 15.6. The molecule has 21 heavy (non-hydrogen) atoms. The van der Waals surface area contributed by atoms with Crippen LogP contribution in [0.1, 0.15) is 33.5 Å². The van der Waals surface area contributed by atoms with Crippen molar-refractivity contribution >= 4 is 11.9 Å². The molecule has 0 fully saturated rings. The lowest BCUT2D eigenvalue weighted by Crippen LogP contribution is -2.29. The molecule has 0 aliphatic carbocycles. The Labute approximate surface area is 121 Å². The lowest BCUT2D eigenvalue weighted by molar-refractivity contribution is 0.0679. The Kier molecular flexibility index (Phi) is 4.06. The molecule has 0 atom stereocenters. The van der Waals surface area contributed by atoms with Gasteiger partial charge in [-0.2, -0.15) is 10.2 Å². The molecule has 112 valence electrons. The fourth-order valence-corrected chi connectivity index (χ4v) is 2.08. The van der Waals surface area contributed by atoms with Crippen LogP contribution in [0.15, 0.2) is 18.5 Å². The number of carbonyl (C=O) groups excluding carboxylic acids is 1. The van der Waals surface area contributed by atoms with Crippen molar-refractivity contribution in [3.8, 4) is 0 Å². The van der Waals surface area contributed by atoms with Crippen LogP contribution in [0, 0.1) is 0 Å². The van der Waals surface area contributed by atoms with Gasteiger partial charge in [0.25, 0.3) is 5.91 Å². The maximum atomic E-state index is 12.4. The van der Waals surface area contributed by atoms with Gasteiger partial charge in [-0.3, -0.25) is 14.2 Å². The molecule has 0 aromatic carbocycles. The molecule has 0 saturated carbocycles. The third-order valence-corrected chi connectivity index (χ3v) is 3.11. The van der Waals surface area contributed by atoms with Crippen molar-refractivity contribution in [3.05, 3.63) is 35.4 Å². The van der Waals surface area contributed by atoms with Crippen molar-refractivity contribution in [2.45, 2.75) is 20.0 Å². The quantitative estimate of drug-likeness (QED) is 0.871. The minimum absolute atomic E-state index is 0.0601. The van der Waals surface area contributed by atoms with Crippen LogP contribution in [0.4, 0.5) is 0 Å². The zero-order valence-corrected chi connectivity index (χ0v) is 12.1. The molecule has 0 radical (unpaired) electrons. The van der Waals surface area contributed by atoms with Gasteiger partial charge in [0.15, 0.2) is 5.69 Å². The van der Waals surface area contributed by atoms with Crippen LogP contribution in [0.2, 0.25) is 0 Å². The normalized spacial score (nSPS) is 10.6. The van der Waals surface area contributed by atoms with Gasteiger partial charge in [-0.1, -0.05) is 0 Å². The maximum absolute atomic E-state index is 12.4. The predicted molar refractivity (Wildman–Crippen MR) is 73.9 cm³/mol. The Balaban J connectivity index is 2.22. The SMILES string of the molecule is CCn1nccc1CN(C)C(=O)c1nn(C)cc1C(=O)O. The van der Waals surface area contributed by atoms with Crippen molar-refractivity contribution in [1.29, 1.82) is 0 Å². The molecule has 2 rings (SSSR count). The van der Waals surface area contributed by atoms with E-state index in [1.807, 2.05) is 13.0 Å². The molecule has 2 aromatic rings. The number of carboxylic acid groups (broad SMARTS) is 1. The van der Waals surface area contributed by atoms with E-state index in [-0.39, 0.29) is 11.3 Å². The minimum Gasteiger partial charge on any atom is -0.478 e. The van der Waals surface area contributed by atoms with E-state index in [9.17, 15) is 9.59 Å². The largest absolute Gasteiger partial charge is 0.478 e. The van der Waals surface area contributed by atoms with E-state index in [1.165, 1.54) is 15.8 Å². The predicted octanol–water partition coefficient (Wildman–Crippen LogP) is 0.607. The fraction of sp³-hybridized carbons (Fsp3) is 0.385. The van der Waals surface area contributed by atoms with E-state index in [0.29, 0.717) is 13.1 Å². The third kappa shape index (κ3) is 2.93. The number of nitrogens with zero attached hydrogens (tertiary/aromatic N) is 5. The number of aromatic carboxylic acids is 1. The van der Waals surface area contributed by atoms with E-state index in [4.69, 9.17) is 5.11 Å². The first-order valence-corrected chi connectivity index (χ1v) is 6.47. The minimum atomic E-state index is -1.17. The van der Waals surface area contributed by atoms with Crippen molar-refractivity contribution in [1.82, 2.24) is 24.5 Å². The summed E-state index contributed by atoms with van der Waals surface area (Å²) in [6.07, 6.45) is 2.99. The first-order valence-electron chi connectivity index (χ1n) is 6.47. The van der Waals surface area contributed by atoms with E-state index in [2.05, 4.69) is 10.2 Å². The molecule has 0 unspecified atom stereocenters. The van der Waals surface area contributed by atoms with Crippen LogP contribution < -0.4 is 0 Å². The number of amides is 1. The summed E-state index contributed by atoms with van der Waals surface area (Å²) in [5.74, 6) is -1.60. The van der Waals surface area contributed by atoms with Crippen LogP contribution in [0.25, 0.3) is 0 Å². The summed E-state index contributed by atoms with van der Waals surface area (Å²) < 4.78 is 3.10. The topological polar surface area (TPSA) is 93.3 Å². The number of rotatable bonds is 5. The number of carboxylic acids is 1. The van der Waals surface area contributed by atoms with Crippen LogP contribution in [-0.4, -0.2) is 48.5 Å². The van der Waals surface area contributed by atoms with Gasteiger partial charge in [0.1, 0.15) is 5.56 Å². The molecule has 0 aliphatic heterocycles.